The second-order valence-corrected chi connectivity index (χ2v) is 11.4. The Morgan fingerprint density at radius 3 is 2.53 bits per heavy atom. The third-order valence-electron chi connectivity index (χ3n) is 6.30. The molecule has 2 aromatic rings. The van der Waals surface area contributed by atoms with Gasteiger partial charge in [0.05, 0.1) is 33.9 Å². The Labute approximate surface area is 239 Å². The maximum atomic E-state index is 14.0. The minimum absolute atomic E-state index is 0.196. The van der Waals surface area contributed by atoms with E-state index in [9.17, 15) is 9.50 Å². The van der Waals surface area contributed by atoms with Crippen LogP contribution in [0, 0.1) is 5.92 Å². The molecule has 0 bridgehead atoms. The van der Waals surface area contributed by atoms with E-state index in [1.807, 2.05) is 19.9 Å². The zero-order valence-electron chi connectivity index (χ0n) is 22.1. The average Bonchev–Trinajstić information content (AvgIpc) is 3.24. The molecule has 1 aliphatic rings. The van der Waals surface area contributed by atoms with Gasteiger partial charge in [-0.15, -0.1) is 0 Å². The van der Waals surface area contributed by atoms with E-state index < -0.39 is 11.3 Å². The number of aliphatic hydroxyl groups is 1. The van der Waals surface area contributed by atoms with Crippen LogP contribution in [-0.4, -0.2) is 47.7 Å². The van der Waals surface area contributed by atoms with E-state index in [4.69, 9.17) is 44.4 Å². The minimum atomic E-state index is -1.56. The molecule has 1 saturated heterocycles. The number of oxime groups is 1. The molecule has 0 spiro atoms. The highest BCUT2D eigenvalue weighted by Gasteiger charge is 2.39. The molecular weight excluding hydrogens is 550 g/mol. The van der Waals surface area contributed by atoms with Crippen LogP contribution < -0.4 is 4.74 Å². The maximum Gasteiger partial charge on any atom is 0.150 e. The van der Waals surface area contributed by atoms with Gasteiger partial charge in [-0.2, -0.15) is 0 Å². The van der Waals surface area contributed by atoms with Gasteiger partial charge < -0.3 is 19.6 Å². The molecule has 3 rings (SSSR count). The lowest BCUT2D eigenvalue weighted by molar-refractivity contribution is 0.0397. The number of hydrogen-bond acceptors (Lipinski definition) is 5. The van der Waals surface area contributed by atoms with E-state index in [2.05, 4.69) is 16.6 Å². The van der Waals surface area contributed by atoms with Gasteiger partial charge in [0, 0.05) is 29.3 Å². The summed E-state index contributed by atoms with van der Waals surface area (Å²) in [6.45, 7) is 11.5. The molecule has 1 aliphatic heterocycles. The molecule has 1 heterocycles. The van der Waals surface area contributed by atoms with Crippen molar-refractivity contribution in [3.8, 4) is 5.75 Å². The first kappa shape index (κ1) is 30.3. The first-order valence-electron chi connectivity index (χ1n) is 12.4. The van der Waals surface area contributed by atoms with Gasteiger partial charge in [-0.3, -0.25) is 0 Å². The lowest BCUT2D eigenvalue weighted by Crippen LogP contribution is -2.30. The second-order valence-electron chi connectivity index (χ2n) is 10.2. The van der Waals surface area contributed by atoms with Crippen LogP contribution in [0.3, 0.4) is 0 Å². The largest absolute Gasteiger partial charge is 0.493 e. The van der Waals surface area contributed by atoms with Crippen molar-refractivity contribution in [3.05, 3.63) is 87.0 Å². The van der Waals surface area contributed by atoms with Gasteiger partial charge in [0.1, 0.15) is 17.0 Å². The summed E-state index contributed by atoms with van der Waals surface area (Å²) < 4.78 is 20.0. The van der Waals surface area contributed by atoms with E-state index in [-0.39, 0.29) is 19.1 Å². The molecule has 0 radical (unpaired) electrons. The van der Waals surface area contributed by atoms with Crippen molar-refractivity contribution < 1.29 is 19.1 Å². The van der Waals surface area contributed by atoms with E-state index in [0.29, 0.717) is 57.2 Å². The molecule has 1 N–H and O–H groups in total. The van der Waals surface area contributed by atoms with Crippen molar-refractivity contribution in [3.63, 3.8) is 0 Å². The van der Waals surface area contributed by atoms with E-state index in [0.717, 1.165) is 5.70 Å². The minimum Gasteiger partial charge on any atom is -0.493 e. The SMILES string of the molecule is C=C/C=C(\C)N1CCC(O)(c2ccc(OCC(C)/C(=N\OCC(C)(C)F)c3c(Cl)cccc3Cl)cc2Cl)C1. The van der Waals surface area contributed by atoms with Crippen LogP contribution in [0.4, 0.5) is 4.39 Å². The second kappa shape index (κ2) is 12.7. The van der Waals surface area contributed by atoms with E-state index in [1.165, 1.54) is 13.8 Å². The molecule has 9 heteroatoms. The third-order valence-corrected chi connectivity index (χ3v) is 7.25. The highest BCUT2D eigenvalue weighted by molar-refractivity contribution is 6.40. The molecule has 2 atom stereocenters. The van der Waals surface area contributed by atoms with Crippen LogP contribution in [0.25, 0.3) is 0 Å². The number of hydrogen-bond donors (Lipinski definition) is 1. The summed E-state index contributed by atoms with van der Waals surface area (Å²) in [5.41, 5.74) is 0.0121. The molecule has 206 valence electrons. The van der Waals surface area contributed by atoms with Crippen LogP contribution in [-0.2, 0) is 10.4 Å². The van der Waals surface area contributed by atoms with Crippen LogP contribution >= 0.6 is 34.8 Å². The standard InChI is InChI=1S/C29H34Cl3FN2O3/c1-6-8-20(3)35-14-13-29(36,17-35)22-12-11-21(15-25(22)32)37-16-19(2)27(34-38-18-28(4,5)33)26-23(30)9-7-10-24(26)31/h6-12,15,19,36H,1,13-14,16-18H2,2-5H3/b20-8+,34-27+. The van der Waals surface area contributed by atoms with Crippen molar-refractivity contribution in [1.82, 2.24) is 4.90 Å². The number of likely N-dealkylation sites (tertiary alicyclic amines) is 1. The Kier molecular flexibility index (Phi) is 10.2. The Morgan fingerprint density at radius 2 is 1.92 bits per heavy atom. The van der Waals surface area contributed by atoms with Crippen LogP contribution in [0.5, 0.6) is 5.75 Å². The number of alkyl halides is 1. The zero-order valence-corrected chi connectivity index (χ0v) is 24.4. The summed E-state index contributed by atoms with van der Waals surface area (Å²) in [5, 5.41) is 16.7. The Hall–Kier alpha value is -2.25. The zero-order chi connectivity index (χ0) is 28.1. The van der Waals surface area contributed by atoms with Gasteiger partial charge in [-0.1, -0.05) is 71.7 Å². The maximum absolute atomic E-state index is 14.0. The summed E-state index contributed by atoms with van der Waals surface area (Å²) in [5.74, 6) is 0.211. The van der Waals surface area contributed by atoms with Gasteiger partial charge in [-0.05, 0) is 57.5 Å². The number of nitrogens with zero attached hydrogens (tertiary/aromatic N) is 2. The van der Waals surface area contributed by atoms with E-state index >= 15 is 0 Å². The van der Waals surface area contributed by atoms with Crippen molar-refractivity contribution in [2.24, 2.45) is 11.1 Å². The van der Waals surface area contributed by atoms with E-state index in [1.54, 1.807) is 42.5 Å². The van der Waals surface area contributed by atoms with Crippen molar-refractivity contribution >= 4 is 40.5 Å². The summed E-state index contributed by atoms with van der Waals surface area (Å²) in [6.07, 6.45) is 4.21. The lowest BCUT2D eigenvalue weighted by atomic mass is 9.93. The molecular formula is C29H34Cl3FN2O3. The molecule has 0 aliphatic carbocycles. The lowest BCUT2D eigenvalue weighted by Gasteiger charge is -2.26. The van der Waals surface area contributed by atoms with Crippen LogP contribution in [0.1, 0.15) is 45.2 Å². The number of β-amino-alcohol motifs (C(OH)–C–C–N with tert-alkyl or cyclic N) is 1. The molecule has 0 aromatic heterocycles. The number of benzene rings is 2. The highest BCUT2D eigenvalue weighted by Crippen LogP contribution is 2.39. The van der Waals surface area contributed by atoms with Gasteiger partial charge in [0.15, 0.2) is 6.61 Å². The summed E-state index contributed by atoms with van der Waals surface area (Å²) in [7, 11) is 0. The van der Waals surface area contributed by atoms with Gasteiger partial charge in [0.2, 0.25) is 0 Å². The fourth-order valence-electron chi connectivity index (χ4n) is 4.23. The molecule has 1 fully saturated rings. The quantitative estimate of drug-likeness (QED) is 0.166. The average molecular weight is 584 g/mol. The van der Waals surface area contributed by atoms with Gasteiger partial charge in [0.25, 0.3) is 0 Å². The normalized spacial score (nSPS) is 19.4. The molecule has 5 nitrogen and oxygen atoms in total. The summed E-state index contributed by atoms with van der Waals surface area (Å²) in [6, 6.07) is 10.4. The monoisotopic (exact) mass is 582 g/mol. The smallest absolute Gasteiger partial charge is 0.150 e. The molecule has 0 amide bonds. The number of rotatable bonds is 11. The fourth-order valence-corrected chi connectivity index (χ4v) is 5.17. The van der Waals surface area contributed by atoms with Crippen LogP contribution in [0.2, 0.25) is 15.1 Å². The number of ether oxygens (including phenoxy) is 1. The molecule has 0 saturated carbocycles. The summed E-state index contributed by atoms with van der Waals surface area (Å²) in [4.78, 5) is 7.43. The first-order valence-corrected chi connectivity index (χ1v) is 13.5. The van der Waals surface area contributed by atoms with Crippen molar-refractivity contribution in [1.29, 1.82) is 0 Å². The molecule has 38 heavy (non-hydrogen) atoms. The molecule has 2 aromatic carbocycles. The Bertz CT molecular complexity index is 1190. The predicted octanol–water partition coefficient (Wildman–Crippen LogP) is 7.81. The molecule has 2 unspecified atom stereocenters. The van der Waals surface area contributed by atoms with Crippen LogP contribution in [0.15, 0.2) is 66.0 Å². The van der Waals surface area contributed by atoms with Gasteiger partial charge in [-0.25, -0.2) is 4.39 Å². The Balaban J connectivity index is 1.76. The Morgan fingerprint density at radius 1 is 1.24 bits per heavy atom. The summed E-state index contributed by atoms with van der Waals surface area (Å²) >= 11 is 19.5. The number of allylic oxidation sites excluding steroid dienone is 3. The predicted molar refractivity (Wildman–Crippen MR) is 154 cm³/mol. The third kappa shape index (κ3) is 7.66. The first-order chi connectivity index (χ1) is 17.8. The van der Waals surface area contributed by atoms with Gasteiger partial charge >= 0.3 is 0 Å². The van der Waals surface area contributed by atoms with Crippen molar-refractivity contribution in [2.75, 3.05) is 26.3 Å². The van der Waals surface area contributed by atoms with Crippen molar-refractivity contribution in [2.45, 2.75) is 45.4 Å². The fraction of sp³-hybridized carbons (Fsp3) is 0.414. The number of halogens is 4. The highest BCUT2D eigenvalue weighted by atomic mass is 35.5. The topological polar surface area (TPSA) is 54.3 Å².